The fourth-order valence-corrected chi connectivity index (χ4v) is 1.48. The van der Waals surface area contributed by atoms with E-state index in [2.05, 4.69) is 5.32 Å². The van der Waals surface area contributed by atoms with Crippen LogP contribution in [0.25, 0.3) is 0 Å². The molecule has 0 saturated carbocycles. The minimum absolute atomic E-state index is 0.220. The van der Waals surface area contributed by atoms with E-state index in [1.54, 1.807) is 19.1 Å². The fraction of sp³-hybridized carbons (Fsp3) is 0.417. The molecule has 0 heterocycles. The third-order valence-electron chi connectivity index (χ3n) is 2.64. The molecule has 1 rings (SSSR count). The highest BCUT2D eigenvalue weighted by Gasteiger charge is 2.21. The van der Waals surface area contributed by atoms with Crippen molar-refractivity contribution >= 4 is 6.03 Å². The number of aryl methyl sites for hydroxylation is 1. The van der Waals surface area contributed by atoms with Crippen LogP contribution in [0.1, 0.15) is 25.0 Å². The number of carbonyl (C=O) groups is 1. The van der Waals surface area contributed by atoms with Gasteiger partial charge >= 0.3 is 6.03 Å². The van der Waals surface area contributed by atoms with Crippen molar-refractivity contribution in [3.05, 3.63) is 35.1 Å². The second-order valence-electron chi connectivity index (χ2n) is 4.57. The molecule has 2 amide bonds. The Labute approximate surface area is 94.8 Å². The van der Waals surface area contributed by atoms with Gasteiger partial charge in [0.25, 0.3) is 0 Å². The van der Waals surface area contributed by atoms with E-state index >= 15 is 0 Å². The molecule has 0 aliphatic carbocycles. The number of rotatable bonds is 3. The normalized spacial score (nSPS) is 11.2. The van der Waals surface area contributed by atoms with Crippen molar-refractivity contribution in [3.8, 4) is 0 Å². The van der Waals surface area contributed by atoms with Crippen molar-refractivity contribution in [2.75, 3.05) is 6.54 Å². The first-order chi connectivity index (χ1) is 7.33. The van der Waals surface area contributed by atoms with Crippen LogP contribution in [0.2, 0.25) is 0 Å². The Morgan fingerprint density at radius 1 is 1.50 bits per heavy atom. The van der Waals surface area contributed by atoms with Crippen LogP contribution in [0.4, 0.5) is 9.18 Å². The maximum atomic E-state index is 13.1. The maximum absolute atomic E-state index is 13.1. The number of hydrogen-bond donors (Lipinski definition) is 2. The molecule has 0 unspecified atom stereocenters. The predicted octanol–water partition coefficient (Wildman–Crippen LogP) is 2.08. The van der Waals surface area contributed by atoms with Gasteiger partial charge in [-0.3, -0.25) is 0 Å². The van der Waals surface area contributed by atoms with Gasteiger partial charge in [-0.25, -0.2) is 9.18 Å². The van der Waals surface area contributed by atoms with Crippen molar-refractivity contribution in [1.29, 1.82) is 0 Å². The first-order valence-corrected chi connectivity index (χ1v) is 5.13. The summed E-state index contributed by atoms with van der Waals surface area (Å²) in [6.45, 7) is 6.08. The van der Waals surface area contributed by atoms with Crippen LogP contribution in [0, 0.1) is 12.7 Å². The average Bonchev–Trinajstić information content (AvgIpc) is 2.19. The Kier molecular flexibility index (Phi) is 3.52. The van der Waals surface area contributed by atoms with Crippen molar-refractivity contribution in [3.63, 3.8) is 0 Å². The number of urea groups is 1. The highest BCUT2D eigenvalue weighted by molar-refractivity contribution is 5.71. The van der Waals surface area contributed by atoms with Gasteiger partial charge in [-0.05, 0) is 24.1 Å². The minimum Gasteiger partial charge on any atom is -0.352 e. The van der Waals surface area contributed by atoms with Gasteiger partial charge in [-0.1, -0.05) is 26.0 Å². The molecular weight excluding hydrogens is 207 g/mol. The molecule has 0 saturated heterocycles. The molecule has 16 heavy (non-hydrogen) atoms. The first-order valence-electron chi connectivity index (χ1n) is 5.13. The van der Waals surface area contributed by atoms with Crippen LogP contribution in [-0.2, 0) is 5.41 Å². The lowest BCUT2D eigenvalue weighted by molar-refractivity contribution is 0.246. The number of benzene rings is 1. The molecule has 0 aliphatic heterocycles. The molecule has 1 aromatic rings. The SMILES string of the molecule is Cc1cc(C(C)(C)CNC(N)=O)ccc1F. The van der Waals surface area contributed by atoms with E-state index in [1.807, 2.05) is 13.8 Å². The Morgan fingerprint density at radius 3 is 2.62 bits per heavy atom. The number of nitrogens with two attached hydrogens (primary N) is 1. The van der Waals surface area contributed by atoms with Gasteiger partial charge in [0.05, 0.1) is 0 Å². The summed E-state index contributed by atoms with van der Waals surface area (Å²) < 4.78 is 13.1. The van der Waals surface area contributed by atoms with Crippen LogP contribution in [0.5, 0.6) is 0 Å². The molecule has 88 valence electrons. The number of amides is 2. The van der Waals surface area contributed by atoms with Crippen LogP contribution in [-0.4, -0.2) is 12.6 Å². The van der Waals surface area contributed by atoms with Crippen molar-refractivity contribution in [1.82, 2.24) is 5.32 Å². The molecule has 1 aromatic carbocycles. The lowest BCUT2D eigenvalue weighted by Crippen LogP contribution is -2.39. The van der Waals surface area contributed by atoms with Gasteiger partial charge in [-0.15, -0.1) is 0 Å². The van der Waals surface area contributed by atoms with Crippen LogP contribution < -0.4 is 11.1 Å². The Bertz CT molecular complexity index is 402. The van der Waals surface area contributed by atoms with Gasteiger partial charge < -0.3 is 11.1 Å². The number of halogens is 1. The summed E-state index contributed by atoms with van der Waals surface area (Å²) >= 11 is 0. The zero-order valence-corrected chi connectivity index (χ0v) is 9.80. The second kappa shape index (κ2) is 4.51. The molecule has 0 bridgehead atoms. The van der Waals surface area contributed by atoms with E-state index in [1.165, 1.54) is 6.07 Å². The summed E-state index contributed by atoms with van der Waals surface area (Å²) in [7, 11) is 0. The minimum atomic E-state index is -0.549. The van der Waals surface area contributed by atoms with E-state index < -0.39 is 6.03 Å². The monoisotopic (exact) mass is 224 g/mol. The highest BCUT2D eigenvalue weighted by atomic mass is 19.1. The molecule has 0 spiro atoms. The molecule has 0 aromatic heterocycles. The first kappa shape index (κ1) is 12.5. The van der Waals surface area contributed by atoms with Crippen molar-refractivity contribution in [2.45, 2.75) is 26.2 Å². The molecular formula is C12H17FN2O. The van der Waals surface area contributed by atoms with E-state index in [9.17, 15) is 9.18 Å². The number of hydrogen-bond acceptors (Lipinski definition) is 1. The standard InChI is InChI=1S/C12H17FN2O/c1-8-6-9(4-5-10(8)13)12(2,3)7-15-11(14)16/h4-6H,7H2,1-3H3,(H3,14,15,16). The van der Waals surface area contributed by atoms with Crippen molar-refractivity contribution < 1.29 is 9.18 Å². The van der Waals surface area contributed by atoms with Gasteiger partial charge in [0.2, 0.25) is 0 Å². The number of primary amides is 1. The van der Waals surface area contributed by atoms with E-state index in [-0.39, 0.29) is 11.2 Å². The van der Waals surface area contributed by atoms with Crippen LogP contribution in [0.15, 0.2) is 18.2 Å². The second-order valence-corrected chi connectivity index (χ2v) is 4.57. The van der Waals surface area contributed by atoms with Crippen LogP contribution in [0.3, 0.4) is 0 Å². The Hall–Kier alpha value is -1.58. The number of carbonyl (C=O) groups excluding carboxylic acids is 1. The summed E-state index contributed by atoms with van der Waals surface area (Å²) in [5.74, 6) is -0.220. The summed E-state index contributed by atoms with van der Waals surface area (Å²) in [5, 5.41) is 2.56. The molecule has 3 nitrogen and oxygen atoms in total. The smallest absolute Gasteiger partial charge is 0.312 e. The topological polar surface area (TPSA) is 55.1 Å². The molecule has 0 aliphatic rings. The Morgan fingerprint density at radius 2 is 2.12 bits per heavy atom. The summed E-state index contributed by atoms with van der Waals surface area (Å²) in [5.41, 5.74) is 6.33. The maximum Gasteiger partial charge on any atom is 0.312 e. The summed E-state index contributed by atoms with van der Waals surface area (Å²) in [4.78, 5) is 10.6. The summed E-state index contributed by atoms with van der Waals surface area (Å²) in [6.07, 6.45) is 0. The molecule has 0 atom stereocenters. The molecule has 0 fully saturated rings. The average molecular weight is 224 g/mol. The largest absolute Gasteiger partial charge is 0.352 e. The fourth-order valence-electron chi connectivity index (χ4n) is 1.48. The lowest BCUT2D eigenvalue weighted by atomic mass is 9.84. The molecule has 3 N–H and O–H groups in total. The van der Waals surface area contributed by atoms with Crippen molar-refractivity contribution in [2.24, 2.45) is 5.73 Å². The third kappa shape index (κ3) is 2.95. The Balaban J connectivity index is 2.88. The highest BCUT2D eigenvalue weighted by Crippen LogP contribution is 2.24. The quantitative estimate of drug-likeness (QED) is 0.811. The van der Waals surface area contributed by atoms with Crippen LogP contribution >= 0.6 is 0 Å². The zero-order valence-electron chi connectivity index (χ0n) is 9.80. The van der Waals surface area contributed by atoms with E-state index in [0.29, 0.717) is 12.1 Å². The molecule has 0 radical (unpaired) electrons. The van der Waals surface area contributed by atoms with Gasteiger partial charge in [-0.2, -0.15) is 0 Å². The lowest BCUT2D eigenvalue weighted by Gasteiger charge is -2.25. The zero-order chi connectivity index (χ0) is 12.3. The number of nitrogens with one attached hydrogen (secondary N) is 1. The van der Waals surface area contributed by atoms with E-state index in [0.717, 1.165) is 5.56 Å². The van der Waals surface area contributed by atoms with Gasteiger partial charge in [0.15, 0.2) is 0 Å². The van der Waals surface area contributed by atoms with E-state index in [4.69, 9.17) is 5.73 Å². The molecule has 4 heteroatoms. The predicted molar refractivity (Wildman–Crippen MR) is 61.7 cm³/mol. The third-order valence-corrected chi connectivity index (χ3v) is 2.64. The van der Waals surface area contributed by atoms with Gasteiger partial charge in [0.1, 0.15) is 5.82 Å². The van der Waals surface area contributed by atoms with Gasteiger partial charge in [0, 0.05) is 12.0 Å². The summed E-state index contributed by atoms with van der Waals surface area (Å²) in [6, 6.07) is 4.41.